The molecule has 3 heterocycles. The standard InChI is InChI=1S/C37H53N3O7/c1-7-11-18-30(42)46-23-27(26-16-13-12-14-17-26)38-34(43)31-29-19-20-37(47-29)32(31)35(44)40(28(22-41)24(5)10-4)33(37)36(45)39(21-9-3)25(6)15-8-2/h7,9,12-14,16-17,24-25,27-29,31-33,41H,1,3,8,10-11,15,18-23H2,2,4-6H3,(H,38,43)/t24-,25?,27+,28-,29+,31-,32-,33+,37-/m0/s1. The van der Waals surface area contributed by atoms with Gasteiger partial charge in [-0.2, -0.15) is 0 Å². The number of hydrogen-bond donors (Lipinski definition) is 2. The van der Waals surface area contributed by atoms with Crippen LogP contribution in [0.5, 0.6) is 0 Å². The molecule has 2 bridgehead atoms. The molecule has 3 saturated heterocycles. The summed E-state index contributed by atoms with van der Waals surface area (Å²) in [7, 11) is 0. The normalized spacial score (nSPS) is 27.0. The van der Waals surface area contributed by atoms with E-state index < -0.39 is 47.6 Å². The van der Waals surface area contributed by atoms with Gasteiger partial charge in [-0.25, -0.2) is 0 Å². The number of hydrogen-bond acceptors (Lipinski definition) is 7. The number of allylic oxidation sites excluding steroid dienone is 1. The Kier molecular flexibility index (Phi) is 12.4. The van der Waals surface area contributed by atoms with Crippen LogP contribution in [0.4, 0.5) is 0 Å². The summed E-state index contributed by atoms with van der Waals surface area (Å²) >= 11 is 0. The second kappa shape index (κ2) is 16.1. The number of carbonyl (C=O) groups excluding carboxylic acids is 4. The smallest absolute Gasteiger partial charge is 0.306 e. The van der Waals surface area contributed by atoms with E-state index in [0.29, 0.717) is 32.2 Å². The Morgan fingerprint density at radius 2 is 1.91 bits per heavy atom. The Balaban J connectivity index is 1.70. The van der Waals surface area contributed by atoms with Gasteiger partial charge in [0.15, 0.2) is 0 Å². The van der Waals surface area contributed by atoms with E-state index in [1.165, 1.54) is 0 Å². The molecule has 2 N–H and O–H groups in total. The van der Waals surface area contributed by atoms with E-state index in [0.717, 1.165) is 18.4 Å². The van der Waals surface area contributed by atoms with E-state index in [4.69, 9.17) is 9.47 Å². The molecule has 10 nitrogen and oxygen atoms in total. The zero-order valence-corrected chi connectivity index (χ0v) is 28.4. The number of benzene rings is 1. The van der Waals surface area contributed by atoms with Gasteiger partial charge in [0, 0.05) is 19.0 Å². The lowest BCUT2D eigenvalue weighted by Crippen LogP contribution is -2.60. The van der Waals surface area contributed by atoms with Crippen LogP contribution in [0, 0.1) is 17.8 Å². The molecule has 3 amide bonds. The first-order chi connectivity index (χ1) is 22.6. The molecule has 9 atom stereocenters. The number of fused-ring (bicyclic) bond motifs is 1. The average Bonchev–Trinajstić information content (AvgIpc) is 3.72. The number of carbonyl (C=O) groups is 4. The molecule has 0 aliphatic carbocycles. The maximum absolute atomic E-state index is 14.7. The number of aliphatic hydroxyl groups excluding tert-OH is 1. The molecule has 47 heavy (non-hydrogen) atoms. The van der Waals surface area contributed by atoms with Crippen molar-refractivity contribution in [3.63, 3.8) is 0 Å². The minimum atomic E-state index is -1.20. The minimum absolute atomic E-state index is 0.0760. The molecule has 1 aromatic carbocycles. The number of likely N-dealkylation sites (tertiary alicyclic amines) is 1. The number of esters is 1. The zero-order chi connectivity index (χ0) is 34.3. The van der Waals surface area contributed by atoms with Crippen molar-refractivity contribution in [1.29, 1.82) is 0 Å². The molecular formula is C37H53N3O7. The molecule has 0 aromatic heterocycles. The fourth-order valence-corrected chi connectivity index (χ4v) is 7.84. The lowest BCUT2D eigenvalue weighted by atomic mass is 9.70. The van der Waals surface area contributed by atoms with Gasteiger partial charge in [-0.1, -0.05) is 76.1 Å². The molecule has 4 rings (SSSR count). The second-order valence-corrected chi connectivity index (χ2v) is 13.3. The Labute approximate surface area is 279 Å². The first-order valence-corrected chi connectivity index (χ1v) is 17.2. The van der Waals surface area contributed by atoms with Gasteiger partial charge in [-0.3, -0.25) is 19.2 Å². The molecule has 258 valence electrons. The minimum Gasteiger partial charge on any atom is -0.463 e. The number of rotatable bonds is 18. The zero-order valence-electron chi connectivity index (χ0n) is 28.4. The van der Waals surface area contributed by atoms with Crippen molar-refractivity contribution in [2.24, 2.45) is 17.8 Å². The van der Waals surface area contributed by atoms with E-state index in [2.05, 4.69) is 25.4 Å². The molecular weight excluding hydrogens is 598 g/mol. The summed E-state index contributed by atoms with van der Waals surface area (Å²) in [5.74, 6) is -3.20. The number of amides is 3. The van der Waals surface area contributed by atoms with E-state index in [1.807, 2.05) is 51.1 Å². The molecule has 0 saturated carbocycles. The van der Waals surface area contributed by atoms with Crippen LogP contribution in [0.25, 0.3) is 0 Å². The van der Waals surface area contributed by atoms with E-state index in [9.17, 15) is 24.3 Å². The van der Waals surface area contributed by atoms with Crippen LogP contribution in [-0.2, 0) is 28.7 Å². The molecule has 3 aliphatic heterocycles. The molecule has 1 unspecified atom stereocenters. The highest BCUT2D eigenvalue weighted by Gasteiger charge is 2.75. The third-order valence-electron chi connectivity index (χ3n) is 10.4. The van der Waals surface area contributed by atoms with Crippen LogP contribution in [0.3, 0.4) is 0 Å². The summed E-state index contributed by atoms with van der Waals surface area (Å²) in [6.07, 6.45) is 6.77. The van der Waals surface area contributed by atoms with Crippen LogP contribution in [0.2, 0.25) is 0 Å². The topological polar surface area (TPSA) is 125 Å². The number of ether oxygens (including phenoxy) is 2. The molecule has 3 aliphatic rings. The highest BCUT2D eigenvalue weighted by molar-refractivity contribution is 5.99. The van der Waals surface area contributed by atoms with Crippen LogP contribution in [0.15, 0.2) is 55.6 Å². The Morgan fingerprint density at radius 3 is 2.53 bits per heavy atom. The van der Waals surface area contributed by atoms with Crippen molar-refractivity contribution in [1.82, 2.24) is 15.1 Å². The summed E-state index contributed by atoms with van der Waals surface area (Å²) < 4.78 is 12.2. The quantitative estimate of drug-likeness (QED) is 0.179. The molecule has 3 fully saturated rings. The summed E-state index contributed by atoms with van der Waals surface area (Å²) in [4.78, 5) is 59.3. The van der Waals surface area contributed by atoms with E-state index >= 15 is 0 Å². The van der Waals surface area contributed by atoms with Crippen molar-refractivity contribution in [2.75, 3.05) is 19.8 Å². The summed E-state index contributed by atoms with van der Waals surface area (Å²) in [6, 6.07) is 6.89. The van der Waals surface area contributed by atoms with Crippen molar-refractivity contribution in [3.05, 3.63) is 61.2 Å². The largest absolute Gasteiger partial charge is 0.463 e. The van der Waals surface area contributed by atoms with Crippen molar-refractivity contribution in [3.8, 4) is 0 Å². The molecule has 10 heteroatoms. The summed E-state index contributed by atoms with van der Waals surface area (Å²) in [5, 5.41) is 13.7. The first-order valence-electron chi connectivity index (χ1n) is 17.2. The molecule has 0 radical (unpaired) electrons. The summed E-state index contributed by atoms with van der Waals surface area (Å²) in [6.45, 7) is 15.5. The van der Waals surface area contributed by atoms with Crippen LogP contribution >= 0.6 is 0 Å². The lowest BCUT2D eigenvalue weighted by molar-refractivity contribution is -0.154. The van der Waals surface area contributed by atoms with Gasteiger partial charge >= 0.3 is 5.97 Å². The van der Waals surface area contributed by atoms with Gasteiger partial charge < -0.3 is 29.7 Å². The SMILES string of the molecule is C=CCCC(=O)OC[C@@H](NC(=O)[C@@H]1[C@H]2C(=O)N([C@@H](CO)[C@@H](C)CC)[C@H](C(=O)N(CC=C)C(C)CCC)[C@]23CC[C@H]1O3)c1ccccc1. The van der Waals surface area contributed by atoms with Gasteiger partial charge in [0.25, 0.3) is 0 Å². The fourth-order valence-electron chi connectivity index (χ4n) is 7.84. The van der Waals surface area contributed by atoms with Crippen molar-refractivity contribution >= 4 is 23.7 Å². The van der Waals surface area contributed by atoms with Gasteiger partial charge in [-0.15, -0.1) is 13.2 Å². The third kappa shape index (κ3) is 7.18. The first kappa shape index (κ1) is 36.3. The number of nitrogens with one attached hydrogen (secondary N) is 1. The monoisotopic (exact) mass is 651 g/mol. The van der Waals surface area contributed by atoms with Gasteiger partial charge in [0.1, 0.15) is 18.2 Å². The second-order valence-electron chi connectivity index (χ2n) is 13.3. The predicted molar refractivity (Wildman–Crippen MR) is 179 cm³/mol. The van der Waals surface area contributed by atoms with Crippen molar-refractivity contribution < 1.29 is 33.8 Å². The number of nitrogens with zero attached hydrogens (tertiary/aromatic N) is 2. The molecule has 1 spiro atoms. The van der Waals surface area contributed by atoms with Crippen molar-refractivity contribution in [2.45, 2.75) is 109 Å². The predicted octanol–water partition coefficient (Wildman–Crippen LogP) is 4.34. The maximum atomic E-state index is 14.7. The highest BCUT2D eigenvalue weighted by Crippen LogP contribution is 2.59. The lowest BCUT2D eigenvalue weighted by Gasteiger charge is -2.42. The van der Waals surface area contributed by atoms with Crippen LogP contribution in [-0.4, -0.2) is 88.2 Å². The maximum Gasteiger partial charge on any atom is 0.306 e. The third-order valence-corrected chi connectivity index (χ3v) is 10.4. The van der Waals surface area contributed by atoms with Gasteiger partial charge in [-0.05, 0) is 44.1 Å². The summed E-state index contributed by atoms with van der Waals surface area (Å²) in [5.41, 5.74) is -0.447. The van der Waals surface area contributed by atoms with E-state index in [1.54, 1.807) is 22.0 Å². The highest BCUT2D eigenvalue weighted by atomic mass is 16.5. The van der Waals surface area contributed by atoms with E-state index in [-0.39, 0.29) is 49.3 Å². The van der Waals surface area contributed by atoms with Gasteiger partial charge in [0.2, 0.25) is 17.7 Å². The average molecular weight is 652 g/mol. The van der Waals surface area contributed by atoms with Gasteiger partial charge in [0.05, 0.1) is 36.6 Å². The fraction of sp³-hybridized carbons (Fsp3) is 0.622. The van der Waals surface area contributed by atoms with Crippen LogP contribution < -0.4 is 5.32 Å². The Bertz CT molecular complexity index is 1290. The number of aliphatic hydroxyl groups is 1. The van der Waals surface area contributed by atoms with Crippen LogP contribution in [0.1, 0.15) is 84.2 Å². The Morgan fingerprint density at radius 1 is 1.19 bits per heavy atom. The Hall–Kier alpha value is -3.50. The molecule has 1 aromatic rings.